The standard InChI is InChI=1S/C11H23NO2/c1-7(2)9(12)10(13)14-8(3)11(4,5)6/h7-9H,12H2,1-6H3. The highest BCUT2D eigenvalue weighted by atomic mass is 16.5. The topological polar surface area (TPSA) is 52.3 Å². The van der Waals surface area contributed by atoms with Crippen LogP contribution in [0.2, 0.25) is 0 Å². The fourth-order valence-electron chi connectivity index (χ4n) is 0.702. The predicted octanol–water partition coefficient (Wildman–Crippen LogP) is 1.95. The lowest BCUT2D eigenvalue weighted by Crippen LogP contribution is -2.41. The lowest BCUT2D eigenvalue weighted by molar-refractivity contribution is -0.156. The molecule has 0 saturated heterocycles. The zero-order valence-corrected chi connectivity index (χ0v) is 10.1. The molecule has 0 bridgehead atoms. The largest absolute Gasteiger partial charge is 0.461 e. The third kappa shape index (κ3) is 4.09. The van der Waals surface area contributed by atoms with Crippen molar-refractivity contribution in [2.24, 2.45) is 17.1 Å². The number of ether oxygens (including phenoxy) is 1. The molecule has 0 aromatic carbocycles. The molecule has 0 spiro atoms. The van der Waals surface area contributed by atoms with E-state index in [2.05, 4.69) is 0 Å². The highest BCUT2D eigenvalue weighted by Crippen LogP contribution is 2.22. The molecular weight excluding hydrogens is 178 g/mol. The minimum Gasteiger partial charge on any atom is -0.461 e. The van der Waals surface area contributed by atoms with Gasteiger partial charge in [-0.25, -0.2) is 0 Å². The van der Waals surface area contributed by atoms with E-state index in [1.165, 1.54) is 0 Å². The summed E-state index contributed by atoms with van der Waals surface area (Å²) in [6.07, 6.45) is -0.111. The molecule has 3 heteroatoms. The van der Waals surface area contributed by atoms with Crippen molar-refractivity contribution in [1.82, 2.24) is 0 Å². The molecule has 0 amide bonds. The predicted molar refractivity (Wildman–Crippen MR) is 57.8 cm³/mol. The van der Waals surface area contributed by atoms with Gasteiger partial charge in [-0.2, -0.15) is 0 Å². The van der Waals surface area contributed by atoms with Gasteiger partial charge in [0.15, 0.2) is 0 Å². The van der Waals surface area contributed by atoms with Crippen LogP contribution in [0.1, 0.15) is 41.5 Å². The Morgan fingerprint density at radius 2 is 1.64 bits per heavy atom. The summed E-state index contributed by atoms with van der Waals surface area (Å²) in [4.78, 5) is 11.5. The normalized spacial score (nSPS) is 16.6. The molecule has 14 heavy (non-hydrogen) atoms. The SMILES string of the molecule is CC(C)C(N)C(=O)OC(C)C(C)(C)C. The molecule has 2 unspecified atom stereocenters. The Morgan fingerprint density at radius 3 is 1.93 bits per heavy atom. The molecule has 0 aromatic heterocycles. The van der Waals surface area contributed by atoms with E-state index in [9.17, 15) is 4.79 Å². The van der Waals surface area contributed by atoms with Crippen LogP contribution in [0.5, 0.6) is 0 Å². The van der Waals surface area contributed by atoms with E-state index >= 15 is 0 Å². The second-order valence-corrected chi connectivity index (χ2v) is 5.21. The molecule has 0 heterocycles. The van der Waals surface area contributed by atoms with Gasteiger partial charge in [0.25, 0.3) is 0 Å². The van der Waals surface area contributed by atoms with E-state index < -0.39 is 6.04 Å². The first-order valence-corrected chi connectivity index (χ1v) is 5.12. The first-order chi connectivity index (χ1) is 6.16. The van der Waals surface area contributed by atoms with Crippen molar-refractivity contribution in [1.29, 1.82) is 0 Å². The number of nitrogens with two attached hydrogens (primary N) is 1. The van der Waals surface area contributed by atoms with Crippen LogP contribution >= 0.6 is 0 Å². The van der Waals surface area contributed by atoms with Crippen LogP contribution in [0.25, 0.3) is 0 Å². The van der Waals surface area contributed by atoms with Gasteiger partial charge in [0.2, 0.25) is 0 Å². The van der Waals surface area contributed by atoms with Gasteiger partial charge >= 0.3 is 5.97 Å². The average molecular weight is 201 g/mol. The highest BCUT2D eigenvalue weighted by molar-refractivity contribution is 5.75. The van der Waals surface area contributed by atoms with E-state index in [0.29, 0.717) is 0 Å². The molecule has 0 aliphatic rings. The maximum absolute atomic E-state index is 11.5. The zero-order valence-electron chi connectivity index (χ0n) is 10.1. The summed E-state index contributed by atoms with van der Waals surface area (Å²) in [5.41, 5.74) is 5.64. The third-order valence-corrected chi connectivity index (χ3v) is 2.50. The number of carbonyl (C=O) groups is 1. The molecule has 0 radical (unpaired) electrons. The second-order valence-electron chi connectivity index (χ2n) is 5.21. The molecule has 84 valence electrons. The Bertz CT molecular complexity index is 194. The molecule has 0 rings (SSSR count). The molecule has 0 saturated carbocycles. The minimum absolute atomic E-state index is 0.0354. The molecular formula is C11H23NO2. The van der Waals surface area contributed by atoms with E-state index in [-0.39, 0.29) is 23.4 Å². The van der Waals surface area contributed by atoms with Crippen molar-refractivity contribution in [3.8, 4) is 0 Å². The van der Waals surface area contributed by atoms with Gasteiger partial charge in [-0.15, -0.1) is 0 Å². The highest BCUT2D eigenvalue weighted by Gasteiger charge is 2.27. The lowest BCUT2D eigenvalue weighted by Gasteiger charge is -2.28. The van der Waals surface area contributed by atoms with Crippen LogP contribution < -0.4 is 5.73 Å². The number of carbonyl (C=O) groups excluding carboxylic acids is 1. The lowest BCUT2D eigenvalue weighted by atomic mass is 9.90. The summed E-state index contributed by atoms with van der Waals surface area (Å²) >= 11 is 0. The van der Waals surface area contributed by atoms with Crippen LogP contribution in [0.4, 0.5) is 0 Å². The van der Waals surface area contributed by atoms with Gasteiger partial charge < -0.3 is 10.5 Å². The Balaban J connectivity index is 4.20. The number of rotatable bonds is 3. The van der Waals surface area contributed by atoms with Crippen LogP contribution in [0, 0.1) is 11.3 Å². The fourth-order valence-corrected chi connectivity index (χ4v) is 0.702. The van der Waals surface area contributed by atoms with Crippen LogP contribution in [-0.4, -0.2) is 18.1 Å². The third-order valence-electron chi connectivity index (χ3n) is 2.50. The molecule has 3 nitrogen and oxygen atoms in total. The summed E-state index contributed by atoms with van der Waals surface area (Å²) in [6.45, 7) is 11.8. The summed E-state index contributed by atoms with van der Waals surface area (Å²) in [6, 6.07) is -0.514. The van der Waals surface area contributed by atoms with Gasteiger partial charge in [0, 0.05) is 0 Å². The average Bonchev–Trinajstić information content (AvgIpc) is 2.00. The summed E-state index contributed by atoms with van der Waals surface area (Å²) in [7, 11) is 0. The Hall–Kier alpha value is -0.570. The number of hydrogen-bond acceptors (Lipinski definition) is 3. The monoisotopic (exact) mass is 201 g/mol. The molecule has 0 aromatic rings. The summed E-state index contributed by atoms with van der Waals surface area (Å²) in [5, 5.41) is 0. The van der Waals surface area contributed by atoms with Gasteiger partial charge in [-0.1, -0.05) is 34.6 Å². The van der Waals surface area contributed by atoms with Crippen LogP contribution in [0.15, 0.2) is 0 Å². The van der Waals surface area contributed by atoms with Gasteiger partial charge in [0.05, 0.1) is 0 Å². The van der Waals surface area contributed by atoms with Crippen molar-refractivity contribution in [3.05, 3.63) is 0 Å². The van der Waals surface area contributed by atoms with Crippen LogP contribution in [-0.2, 0) is 9.53 Å². The first kappa shape index (κ1) is 13.4. The maximum Gasteiger partial charge on any atom is 0.323 e. The van der Waals surface area contributed by atoms with Crippen molar-refractivity contribution in [2.75, 3.05) is 0 Å². The molecule has 2 N–H and O–H groups in total. The van der Waals surface area contributed by atoms with Crippen molar-refractivity contribution >= 4 is 5.97 Å². The van der Waals surface area contributed by atoms with Gasteiger partial charge in [-0.05, 0) is 18.3 Å². The summed E-state index contributed by atoms with van der Waals surface area (Å²) < 4.78 is 5.27. The Morgan fingerprint density at radius 1 is 1.21 bits per heavy atom. The van der Waals surface area contributed by atoms with E-state index in [1.807, 2.05) is 41.5 Å². The zero-order chi connectivity index (χ0) is 11.5. The fraction of sp³-hybridized carbons (Fsp3) is 0.909. The Kier molecular flexibility index (Phi) is 4.59. The van der Waals surface area contributed by atoms with E-state index in [0.717, 1.165) is 0 Å². The van der Waals surface area contributed by atoms with E-state index in [4.69, 9.17) is 10.5 Å². The molecule has 0 aliphatic carbocycles. The van der Waals surface area contributed by atoms with Crippen LogP contribution in [0.3, 0.4) is 0 Å². The maximum atomic E-state index is 11.5. The minimum atomic E-state index is -0.514. The van der Waals surface area contributed by atoms with E-state index in [1.54, 1.807) is 0 Å². The van der Waals surface area contributed by atoms with Crippen molar-refractivity contribution < 1.29 is 9.53 Å². The first-order valence-electron chi connectivity index (χ1n) is 5.12. The second kappa shape index (κ2) is 4.78. The van der Waals surface area contributed by atoms with Crippen molar-refractivity contribution in [2.45, 2.75) is 53.7 Å². The van der Waals surface area contributed by atoms with Gasteiger partial charge in [0.1, 0.15) is 12.1 Å². The number of hydrogen-bond donors (Lipinski definition) is 1. The smallest absolute Gasteiger partial charge is 0.323 e. The number of esters is 1. The quantitative estimate of drug-likeness (QED) is 0.710. The molecule has 2 atom stereocenters. The van der Waals surface area contributed by atoms with Gasteiger partial charge in [-0.3, -0.25) is 4.79 Å². The molecule has 0 aliphatic heterocycles. The summed E-state index contributed by atoms with van der Waals surface area (Å²) in [5.74, 6) is -0.183. The molecule has 0 fully saturated rings. The van der Waals surface area contributed by atoms with Crippen molar-refractivity contribution in [3.63, 3.8) is 0 Å². The Labute approximate surface area is 87.0 Å².